The van der Waals surface area contributed by atoms with Crippen LogP contribution < -0.4 is 4.74 Å². The number of likely N-dealkylation sites (N-methyl/N-ethyl adjacent to an activating group) is 1. The fourth-order valence-corrected chi connectivity index (χ4v) is 6.06. The summed E-state index contributed by atoms with van der Waals surface area (Å²) in [6.45, 7) is 4.04. The van der Waals surface area contributed by atoms with Gasteiger partial charge in [0.25, 0.3) is 0 Å². The van der Waals surface area contributed by atoms with Gasteiger partial charge in [-0.25, -0.2) is 25.9 Å². The van der Waals surface area contributed by atoms with Gasteiger partial charge in [-0.05, 0) is 60.2 Å². The highest BCUT2D eigenvalue weighted by Gasteiger charge is 2.37. The molecule has 0 aliphatic heterocycles. The molecule has 0 bridgehead atoms. The van der Waals surface area contributed by atoms with Crippen molar-refractivity contribution in [2.75, 3.05) is 26.5 Å². The quantitative estimate of drug-likeness (QED) is 0.0850. The van der Waals surface area contributed by atoms with Gasteiger partial charge in [-0.2, -0.15) is 0 Å². The van der Waals surface area contributed by atoms with Crippen LogP contribution in [0.5, 0.6) is 5.75 Å². The van der Waals surface area contributed by atoms with Gasteiger partial charge in [0.1, 0.15) is 5.75 Å². The predicted molar refractivity (Wildman–Crippen MR) is 174 cm³/mol. The van der Waals surface area contributed by atoms with Crippen molar-refractivity contribution >= 4 is 27.5 Å². The molecule has 46 heavy (non-hydrogen) atoms. The fourth-order valence-electron chi connectivity index (χ4n) is 5.35. The highest BCUT2D eigenvalue weighted by atomic mass is 35.5. The van der Waals surface area contributed by atoms with Gasteiger partial charge < -0.3 is 4.74 Å². The molecule has 0 spiro atoms. The van der Waals surface area contributed by atoms with E-state index in [-0.39, 0.29) is 30.7 Å². The zero-order valence-corrected chi connectivity index (χ0v) is 27.6. The van der Waals surface area contributed by atoms with Crippen LogP contribution in [0.4, 0.5) is 13.2 Å². The van der Waals surface area contributed by atoms with E-state index in [1.54, 1.807) is 24.3 Å². The molecule has 0 fully saturated rings. The molecule has 4 rings (SSSR count). The van der Waals surface area contributed by atoms with Crippen molar-refractivity contribution in [1.29, 1.82) is 0 Å². The van der Waals surface area contributed by atoms with Gasteiger partial charge in [0.05, 0.1) is 29.8 Å². The Morgan fingerprint density at radius 3 is 2.04 bits per heavy atom. The fraction of sp³-hybridized carbons (Fsp3) is 0.286. The number of amides is 1. The number of halogens is 4. The first kappa shape index (κ1) is 35.0. The monoisotopic (exact) mass is 672 g/mol. The third kappa shape index (κ3) is 7.74. The standard InChI is InChI=1S/C35H36ClF3N2O4S/c1-24-29(31(36)33(38)34(39)32(24)37)23-41(35(2,26-14-7-5-8-15-26)27-16-9-6-10-17-27)19-12-20-45-28-18-11-13-25(21-28)22-30(42)40(3)46(4,43)44/h5-11,13-18,21H,12,19-20,22-23H2,1-4H3. The minimum absolute atomic E-state index is 0.00449. The first-order chi connectivity index (χ1) is 21.7. The van der Waals surface area contributed by atoms with Crippen LogP contribution in [-0.2, 0) is 33.3 Å². The van der Waals surface area contributed by atoms with Crippen molar-refractivity contribution in [3.8, 4) is 5.75 Å². The molecule has 0 heterocycles. The van der Waals surface area contributed by atoms with Gasteiger partial charge in [-0.1, -0.05) is 84.4 Å². The number of benzene rings is 4. The maximum absolute atomic E-state index is 14.8. The Morgan fingerprint density at radius 1 is 0.891 bits per heavy atom. The SMILES string of the molecule is Cc1c(F)c(F)c(F)c(Cl)c1CN(CCCOc1cccc(CC(=O)N(C)S(C)(=O)=O)c1)C(C)(c1ccccc1)c1ccccc1. The highest BCUT2D eigenvalue weighted by molar-refractivity contribution is 7.88. The molecule has 0 atom stereocenters. The van der Waals surface area contributed by atoms with E-state index in [0.29, 0.717) is 28.6 Å². The molecule has 4 aromatic carbocycles. The minimum Gasteiger partial charge on any atom is -0.494 e. The molecule has 4 aromatic rings. The third-order valence-electron chi connectivity index (χ3n) is 8.22. The Labute approximate surface area is 273 Å². The molecular weight excluding hydrogens is 637 g/mol. The number of carbonyl (C=O) groups is 1. The minimum atomic E-state index is -3.67. The molecule has 0 unspecified atom stereocenters. The summed E-state index contributed by atoms with van der Waals surface area (Å²) in [5.41, 5.74) is 1.72. The van der Waals surface area contributed by atoms with Crippen LogP contribution in [0.15, 0.2) is 84.9 Å². The van der Waals surface area contributed by atoms with Gasteiger partial charge in [0.2, 0.25) is 15.9 Å². The van der Waals surface area contributed by atoms with E-state index in [4.69, 9.17) is 16.3 Å². The van der Waals surface area contributed by atoms with E-state index in [9.17, 15) is 26.4 Å². The average molecular weight is 673 g/mol. The molecule has 0 aliphatic carbocycles. The Kier molecular flexibility index (Phi) is 11.2. The molecule has 0 saturated carbocycles. The lowest BCUT2D eigenvalue weighted by atomic mass is 9.82. The van der Waals surface area contributed by atoms with Crippen molar-refractivity contribution in [2.24, 2.45) is 0 Å². The van der Waals surface area contributed by atoms with Crippen LogP contribution in [0.1, 0.15) is 41.2 Å². The lowest BCUT2D eigenvalue weighted by molar-refractivity contribution is -0.124. The van der Waals surface area contributed by atoms with E-state index in [1.165, 1.54) is 14.0 Å². The summed E-state index contributed by atoms with van der Waals surface area (Å²) in [4.78, 5) is 14.5. The maximum atomic E-state index is 14.8. The van der Waals surface area contributed by atoms with Gasteiger partial charge >= 0.3 is 0 Å². The second-order valence-corrected chi connectivity index (χ2v) is 13.6. The molecule has 244 valence electrons. The molecular formula is C35H36ClF3N2O4S. The van der Waals surface area contributed by atoms with E-state index in [0.717, 1.165) is 17.4 Å². The topological polar surface area (TPSA) is 66.9 Å². The zero-order chi connectivity index (χ0) is 33.6. The Morgan fingerprint density at radius 2 is 1.48 bits per heavy atom. The summed E-state index contributed by atoms with van der Waals surface area (Å²) in [6, 6.07) is 26.2. The van der Waals surface area contributed by atoms with Gasteiger partial charge in [0, 0.05) is 20.1 Å². The van der Waals surface area contributed by atoms with Crippen LogP contribution >= 0.6 is 11.6 Å². The van der Waals surface area contributed by atoms with Crippen molar-refractivity contribution in [3.63, 3.8) is 0 Å². The molecule has 11 heteroatoms. The summed E-state index contributed by atoms with van der Waals surface area (Å²) in [7, 11) is -2.45. The summed E-state index contributed by atoms with van der Waals surface area (Å²) in [6.07, 6.45) is 1.32. The molecule has 0 N–H and O–H groups in total. The van der Waals surface area contributed by atoms with Crippen molar-refractivity contribution in [3.05, 3.63) is 135 Å². The second-order valence-electron chi connectivity index (χ2n) is 11.2. The maximum Gasteiger partial charge on any atom is 0.240 e. The number of rotatable bonds is 13. The predicted octanol–water partition coefficient (Wildman–Crippen LogP) is 7.26. The van der Waals surface area contributed by atoms with E-state index in [2.05, 4.69) is 0 Å². The van der Waals surface area contributed by atoms with E-state index >= 15 is 0 Å². The smallest absolute Gasteiger partial charge is 0.240 e. The number of nitrogens with zero attached hydrogens (tertiary/aromatic N) is 2. The van der Waals surface area contributed by atoms with Crippen molar-refractivity contribution < 1.29 is 31.1 Å². The number of hydrogen-bond donors (Lipinski definition) is 0. The summed E-state index contributed by atoms with van der Waals surface area (Å²) < 4.78 is 73.9. The number of ether oxygens (including phenoxy) is 1. The summed E-state index contributed by atoms with van der Waals surface area (Å²) >= 11 is 6.31. The second kappa shape index (κ2) is 14.7. The first-order valence-corrected chi connectivity index (χ1v) is 16.8. The molecule has 6 nitrogen and oxygen atoms in total. The molecule has 0 saturated heterocycles. The van der Waals surface area contributed by atoms with Gasteiger partial charge in [-0.3, -0.25) is 9.69 Å². The van der Waals surface area contributed by atoms with E-state index < -0.39 is 43.9 Å². The lowest BCUT2D eigenvalue weighted by Crippen LogP contribution is -2.45. The normalized spacial score (nSPS) is 11.9. The van der Waals surface area contributed by atoms with Crippen LogP contribution in [0.3, 0.4) is 0 Å². The van der Waals surface area contributed by atoms with Crippen molar-refractivity contribution in [1.82, 2.24) is 9.21 Å². The third-order valence-corrected chi connectivity index (χ3v) is 9.81. The van der Waals surface area contributed by atoms with Crippen molar-refractivity contribution in [2.45, 2.75) is 38.8 Å². The Bertz CT molecular complexity index is 1720. The highest BCUT2D eigenvalue weighted by Crippen LogP contribution is 2.39. The largest absolute Gasteiger partial charge is 0.494 e. The van der Waals surface area contributed by atoms with Gasteiger partial charge in [0.15, 0.2) is 17.5 Å². The summed E-state index contributed by atoms with van der Waals surface area (Å²) in [5.74, 6) is -4.38. The van der Waals surface area contributed by atoms with Crippen LogP contribution in [-0.4, -0.2) is 50.0 Å². The Hall–Kier alpha value is -3.86. The molecule has 0 aliphatic rings. The number of carbonyl (C=O) groups excluding carboxylic acids is 1. The Balaban J connectivity index is 1.62. The number of hydrogen-bond acceptors (Lipinski definition) is 5. The van der Waals surface area contributed by atoms with Crippen LogP contribution in [0.25, 0.3) is 0 Å². The van der Waals surface area contributed by atoms with Crippen LogP contribution in [0.2, 0.25) is 5.02 Å². The zero-order valence-electron chi connectivity index (χ0n) is 26.1. The molecule has 0 radical (unpaired) electrons. The lowest BCUT2D eigenvalue weighted by Gasteiger charge is -2.43. The van der Waals surface area contributed by atoms with Gasteiger partial charge in [-0.15, -0.1) is 0 Å². The molecule has 1 amide bonds. The molecule has 0 aromatic heterocycles. The summed E-state index contributed by atoms with van der Waals surface area (Å²) in [5, 5.41) is -0.464. The van der Waals surface area contributed by atoms with Crippen LogP contribution in [0, 0.1) is 24.4 Å². The average Bonchev–Trinajstić information content (AvgIpc) is 3.05. The van der Waals surface area contributed by atoms with E-state index in [1.807, 2.05) is 72.5 Å². The first-order valence-electron chi connectivity index (χ1n) is 14.6. The number of sulfonamides is 1.